The second-order valence-electron chi connectivity index (χ2n) is 6.43. The predicted molar refractivity (Wildman–Crippen MR) is 84.4 cm³/mol. The van der Waals surface area contributed by atoms with Gasteiger partial charge in [0.2, 0.25) is 11.8 Å². The van der Waals surface area contributed by atoms with Gasteiger partial charge in [-0.2, -0.15) is 0 Å². The van der Waals surface area contributed by atoms with Crippen molar-refractivity contribution >= 4 is 35.0 Å². The molecule has 2 bridgehead atoms. The van der Waals surface area contributed by atoms with E-state index in [9.17, 15) is 9.59 Å². The van der Waals surface area contributed by atoms with Gasteiger partial charge in [0, 0.05) is 15.6 Å². The van der Waals surface area contributed by atoms with E-state index in [1.807, 2.05) is 0 Å². The maximum absolute atomic E-state index is 12.8. The van der Waals surface area contributed by atoms with E-state index in [1.165, 1.54) is 10.5 Å². The highest BCUT2D eigenvalue weighted by molar-refractivity contribution is 6.36. The number of fused-ring (bicyclic) bond motifs is 5. The molecule has 1 aromatic carbocycles. The van der Waals surface area contributed by atoms with Crippen LogP contribution in [-0.2, 0) is 16.1 Å². The van der Waals surface area contributed by atoms with Crippen LogP contribution in [-0.4, -0.2) is 16.7 Å². The van der Waals surface area contributed by atoms with E-state index in [4.69, 9.17) is 23.2 Å². The molecule has 2 aliphatic carbocycles. The molecule has 0 N–H and O–H groups in total. The van der Waals surface area contributed by atoms with Crippen molar-refractivity contribution in [3.05, 3.63) is 45.5 Å². The van der Waals surface area contributed by atoms with Crippen LogP contribution in [0, 0.1) is 23.7 Å². The molecule has 1 aliphatic heterocycles. The summed E-state index contributed by atoms with van der Waals surface area (Å²) < 4.78 is 0. The summed E-state index contributed by atoms with van der Waals surface area (Å²) >= 11 is 12.3. The zero-order valence-corrected chi connectivity index (χ0v) is 13.6. The van der Waals surface area contributed by atoms with Gasteiger partial charge in [-0.3, -0.25) is 14.5 Å². The lowest BCUT2D eigenvalue weighted by Gasteiger charge is -2.19. The van der Waals surface area contributed by atoms with Crippen LogP contribution in [0.1, 0.15) is 18.9 Å². The molecule has 4 rings (SSSR count). The van der Waals surface area contributed by atoms with Crippen LogP contribution in [0.2, 0.25) is 10.0 Å². The minimum atomic E-state index is -0.178. The average Bonchev–Trinajstić information content (AvgIpc) is 3.08. The minimum Gasteiger partial charge on any atom is -0.277 e. The van der Waals surface area contributed by atoms with Crippen molar-refractivity contribution in [2.75, 3.05) is 0 Å². The lowest BCUT2D eigenvalue weighted by atomic mass is 9.82. The molecule has 0 radical (unpaired) electrons. The van der Waals surface area contributed by atoms with Gasteiger partial charge in [0.1, 0.15) is 0 Å². The Hall–Kier alpha value is -1.32. The van der Waals surface area contributed by atoms with Crippen molar-refractivity contribution in [1.29, 1.82) is 0 Å². The van der Waals surface area contributed by atoms with Gasteiger partial charge in [0.15, 0.2) is 0 Å². The third-order valence-corrected chi connectivity index (χ3v) is 6.06. The number of rotatable bonds is 2. The quantitative estimate of drug-likeness (QED) is 0.610. The van der Waals surface area contributed by atoms with E-state index in [2.05, 4.69) is 13.0 Å². The molecule has 114 valence electrons. The van der Waals surface area contributed by atoms with Gasteiger partial charge in [0.25, 0.3) is 0 Å². The van der Waals surface area contributed by atoms with E-state index in [0.29, 0.717) is 15.6 Å². The molecule has 3 aliphatic rings. The summed E-state index contributed by atoms with van der Waals surface area (Å²) in [6, 6.07) is 5.21. The van der Waals surface area contributed by atoms with Crippen LogP contribution in [0.25, 0.3) is 0 Å². The minimum absolute atomic E-state index is 0.0639. The van der Waals surface area contributed by atoms with Crippen molar-refractivity contribution in [1.82, 2.24) is 4.90 Å². The summed E-state index contributed by atoms with van der Waals surface area (Å²) in [5.74, 6) is -0.0317. The summed E-state index contributed by atoms with van der Waals surface area (Å²) in [5.41, 5.74) is 1.90. The summed E-state index contributed by atoms with van der Waals surface area (Å²) in [6.07, 6.45) is 3.11. The van der Waals surface area contributed by atoms with Gasteiger partial charge in [-0.1, -0.05) is 40.9 Å². The molecule has 3 nitrogen and oxygen atoms in total. The Kier molecular flexibility index (Phi) is 3.14. The van der Waals surface area contributed by atoms with Gasteiger partial charge in [-0.15, -0.1) is 0 Å². The zero-order chi connectivity index (χ0) is 15.6. The second kappa shape index (κ2) is 4.84. The molecule has 22 heavy (non-hydrogen) atoms. The highest BCUT2D eigenvalue weighted by atomic mass is 35.5. The normalized spacial score (nSPS) is 32.7. The van der Waals surface area contributed by atoms with Gasteiger partial charge in [-0.05, 0) is 37.3 Å². The van der Waals surface area contributed by atoms with E-state index in [-0.39, 0.29) is 42.0 Å². The molecule has 5 heteroatoms. The molecule has 0 unspecified atom stereocenters. The fourth-order valence-corrected chi connectivity index (χ4v) is 4.85. The van der Waals surface area contributed by atoms with Crippen molar-refractivity contribution in [2.24, 2.45) is 23.7 Å². The molecule has 0 aromatic heterocycles. The number of benzene rings is 1. The third-order valence-electron chi connectivity index (χ3n) is 5.35. The van der Waals surface area contributed by atoms with Crippen LogP contribution < -0.4 is 0 Å². The zero-order valence-electron chi connectivity index (χ0n) is 12.1. The number of hydrogen-bond donors (Lipinski definition) is 0. The van der Waals surface area contributed by atoms with Crippen LogP contribution in [0.15, 0.2) is 29.8 Å². The monoisotopic (exact) mass is 335 g/mol. The highest BCUT2D eigenvalue weighted by Gasteiger charge is 2.60. The second-order valence-corrected chi connectivity index (χ2v) is 7.25. The van der Waals surface area contributed by atoms with Gasteiger partial charge in [0.05, 0.1) is 18.4 Å². The van der Waals surface area contributed by atoms with Crippen LogP contribution in [0.5, 0.6) is 0 Å². The van der Waals surface area contributed by atoms with Gasteiger partial charge < -0.3 is 0 Å². The van der Waals surface area contributed by atoms with Crippen molar-refractivity contribution in [3.63, 3.8) is 0 Å². The molecular weight excluding hydrogens is 321 g/mol. The fraction of sp³-hybridized carbons (Fsp3) is 0.412. The van der Waals surface area contributed by atoms with Crippen molar-refractivity contribution in [3.8, 4) is 0 Å². The number of imide groups is 1. The Balaban J connectivity index is 1.66. The number of likely N-dealkylation sites (tertiary alicyclic amines) is 1. The Bertz CT molecular complexity index is 707. The lowest BCUT2D eigenvalue weighted by molar-refractivity contribution is -0.141. The molecule has 1 aromatic rings. The topological polar surface area (TPSA) is 37.4 Å². The largest absolute Gasteiger partial charge is 0.277 e. The SMILES string of the molecule is CC1=C[C@@H]2C[C@H]1[C@H]1C(=O)N(Cc3c(Cl)cccc3Cl)C(=O)[C@H]12. The number of hydrogen-bond acceptors (Lipinski definition) is 2. The maximum Gasteiger partial charge on any atom is 0.234 e. The Morgan fingerprint density at radius 1 is 1.14 bits per heavy atom. The lowest BCUT2D eigenvalue weighted by Crippen LogP contribution is -2.32. The molecular formula is C17H15Cl2NO2. The van der Waals surface area contributed by atoms with Crippen LogP contribution in [0.4, 0.5) is 0 Å². The first kappa shape index (κ1) is 14.3. The molecule has 1 saturated heterocycles. The number of carbonyl (C=O) groups is 2. The molecule has 2 amide bonds. The van der Waals surface area contributed by atoms with Crippen LogP contribution >= 0.6 is 23.2 Å². The van der Waals surface area contributed by atoms with Crippen molar-refractivity contribution < 1.29 is 9.59 Å². The summed E-state index contributed by atoms with van der Waals surface area (Å²) in [4.78, 5) is 26.8. The number of nitrogens with zero attached hydrogens (tertiary/aromatic N) is 1. The summed E-state index contributed by atoms with van der Waals surface area (Å²) in [6.45, 7) is 2.23. The number of amides is 2. The average molecular weight is 336 g/mol. The molecule has 0 spiro atoms. The first-order valence-electron chi connectivity index (χ1n) is 7.45. The molecule has 2 fully saturated rings. The maximum atomic E-state index is 12.8. The third kappa shape index (κ3) is 1.82. The Morgan fingerprint density at radius 2 is 1.77 bits per heavy atom. The van der Waals surface area contributed by atoms with E-state index in [0.717, 1.165) is 6.42 Å². The van der Waals surface area contributed by atoms with Crippen LogP contribution in [0.3, 0.4) is 0 Å². The van der Waals surface area contributed by atoms with Crippen molar-refractivity contribution in [2.45, 2.75) is 19.9 Å². The first-order valence-corrected chi connectivity index (χ1v) is 8.21. The molecule has 4 atom stereocenters. The fourth-order valence-electron chi connectivity index (χ4n) is 4.33. The highest BCUT2D eigenvalue weighted by Crippen LogP contribution is 2.55. The number of allylic oxidation sites excluding steroid dienone is 2. The summed E-state index contributed by atoms with van der Waals surface area (Å²) in [5, 5.41) is 0.977. The van der Waals surface area contributed by atoms with E-state index in [1.54, 1.807) is 18.2 Å². The number of halogens is 2. The van der Waals surface area contributed by atoms with E-state index < -0.39 is 0 Å². The van der Waals surface area contributed by atoms with Gasteiger partial charge >= 0.3 is 0 Å². The first-order chi connectivity index (χ1) is 10.5. The molecule has 1 heterocycles. The Labute approximate surface area is 138 Å². The number of carbonyl (C=O) groups excluding carboxylic acids is 2. The van der Waals surface area contributed by atoms with Gasteiger partial charge in [-0.25, -0.2) is 0 Å². The Morgan fingerprint density at radius 3 is 2.45 bits per heavy atom. The predicted octanol–water partition coefficient (Wildman–Crippen LogP) is 3.69. The smallest absolute Gasteiger partial charge is 0.234 e. The summed E-state index contributed by atoms with van der Waals surface area (Å²) in [7, 11) is 0. The standard InChI is InChI=1S/C17H15Cl2NO2/c1-8-5-9-6-10(8)15-14(9)16(21)20(17(15)22)7-11-12(18)3-2-4-13(11)19/h2-5,9-10,14-15H,6-7H2,1H3/t9-,10-,14+,15-/m1/s1. The van der Waals surface area contributed by atoms with E-state index >= 15 is 0 Å². The molecule has 1 saturated carbocycles.